The number of benzene rings is 3. The largest absolute Gasteiger partial charge is 0.336 e. The number of hydrogen-bond acceptors (Lipinski definition) is 4. The van der Waals surface area contributed by atoms with Gasteiger partial charge in [-0.2, -0.15) is 0 Å². The van der Waals surface area contributed by atoms with E-state index < -0.39 is 5.91 Å². The maximum absolute atomic E-state index is 13.0. The Morgan fingerprint density at radius 3 is 1.95 bits per heavy atom. The molecule has 0 bridgehead atoms. The highest BCUT2D eigenvalue weighted by atomic mass is 16.5. The van der Waals surface area contributed by atoms with Crippen molar-refractivity contribution in [1.29, 1.82) is 0 Å². The van der Waals surface area contributed by atoms with E-state index in [4.69, 9.17) is 5.21 Å². The predicted molar refractivity (Wildman–Crippen MR) is 151 cm³/mol. The third-order valence-electron chi connectivity index (χ3n) is 7.03. The molecule has 0 aromatic heterocycles. The van der Waals surface area contributed by atoms with Crippen LogP contribution in [-0.4, -0.2) is 59.5 Å². The first-order chi connectivity index (χ1) is 18.6. The van der Waals surface area contributed by atoms with Gasteiger partial charge in [0.25, 0.3) is 5.91 Å². The maximum atomic E-state index is 13.0. The van der Waals surface area contributed by atoms with Crippen LogP contribution in [0.4, 0.5) is 0 Å². The number of amides is 2. The van der Waals surface area contributed by atoms with E-state index in [1.165, 1.54) is 16.7 Å². The smallest absolute Gasteiger partial charge is 0.253 e. The van der Waals surface area contributed by atoms with Crippen molar-refractivity contribution in [2.45, 2.75) is 32.1 Å². The van der Waals surface area contributed by atoms with Crippen LogP contribution in [0.3, 0.4) is 0 Å². The van der Waals surface area contributed by atoms with E-state index >= 15 is 0 Å². The summed E-state index contributed by atoms with van der Waals surface area (Å²) in [6, 6.07) is 26.4. The number of hydroxylamine groups is 1. The van der Waals surface area contributed by atoms with E-state index in [2.05, 4.69) is 41.3 Å². The molecule has 198 valence electrons. The van der Waals surface area contributed by atoms with Crippen LogP contribution in [0.5, 0.6) is 0 Å². The number of unbranched alkanes of at least 4 members (excludes halogenated alkanes) is 1. The summed E-state index contributed by atoms with van der Waals surface area (Å²) in [6.45, 7) is 4.21. The molecular formula is C32H37N3O3. The summed E-state index contributed by atoms with van der Waals surface area (Å²) in [5.41, 5.74) is 7.01. The molecule has 0 saturated carbocycles. The van der Waals surface area contributed by atoms with Crippen LogP contribution in [0.2, 0.25) is 0 Å². The molecule has 0 spiro atoms. The van der Waals surface area contributed by atoms with Gasteiger partial charge in [-0.05, 0) is 60.1 Å². The molecule has 2 amide bonds. The van der Waals surface area contributed by atoms with E-state index in [1.807, 2.05) is 59.5 Å². The first-order valence-electron chi connectivity index (χ1n) is 13.4. The van der Waals surface area contributed by atoms with Crippen LogP contribution < -0.4 is 5.48 Å². The Morgan fingerprint density at radius 2 is 1.34 bits per heavy atom. The third-order valence-corrected chi connectivity index (χ3v) is 7.03. The van der Waals surface area contributed by atoms with Gasteiger partial charge in [0.05, 0.1) is 6.42 Å². The molecule has 0 atom stereocenters. The molecule has 3 aromatic carbocycles. The predicted octanol–water partition coefficient (Wildman–Crippen LogP) is 4.77. The quantitative estimate of drug-likeness (QED) is 0.221. The Morgan fingerprint density at radius 1 is 0.763 bits per heavy atom. The van der Waals surface area contributed by atoms with Gasteiger partial charge in [0.2, 0.25) is 5.91 Å². The van der Waals surface area contributed by atoms with Crippen molar-refractivity contribution in [3.63, 3.8) is 0 Å². The van der Waals surface area contributed by atoms with Crippen molar-refractivity contribution >= 4 is 17.9 Å². The molecule has 38 heavy (non-hydrogen) atoms. The van der Waals surface area contributed by atoms with Crippen molar-refractivity contribution in [3.8, 4) is 0 Å². The maximum Gasteiger partial charge on any atom is 0.253 e. The Kier molecular flexibility index (Phi) is 10.2. The molecule has 2 N–H and O–H groups in total. The molecular weight excluding hydrogens is 474 g/mol. The molecule has 1 saturated heterocycles. The Hall–Kier alpha value is -3.74. The number of carbonyl (C=O) groups is 2. The summed E-state index contributed by atoms with van der Waals surface area (Å²) in [7, 11) is 0. The topological polar surface area (TPSA) is 72.9 Å². The SMILES string of the molecule is O=C(Cc1ccc(CCCCc2ccc(C(=O)N3CCN(CC=Cc4ccccc4)CC3)cc2)cc1)NO. The van der Waals surface area contributed by atoms with Gasteiger partial charge >= 0.3 is 0 Å². The van der Waals surface area contributed by atoms with E-state index in [0.29, 0.717) is 0 Å². The molecule has 1 aliphatic rings. The number of carbonyl (C=O) groups excluding carboxylic acids is 2. The van der Waals surface area contributed by atoms with Gasteiger partial charge < -0.3 is 4.90 Å². The van der Waals surface area contributed by atoms with Crippen LogP contribution in [-0.2, 0) is 24.1 Å². The van der Waals surface area contributed by atoms with E-state index in [9.17, 15) is 9.59 Å². The molecule has 6 nitrogen and oxygen atoms in total. The van der Waals surface area contributed by atoms with Crippen molar-refractivity contribution in [2.24, 2.45) is 0 Å². The van der Waals surface area contributed by atoms with Gasteiger partial charge in [-0.1, -0.05) is 78.9 Å². The van der Waals surface area contributed by atoms with Crippen molar-refractivity contribution < 1.29 is 14.8 Å². The van der Waals surface area contributed by atoms with Crippen LogP contribution >= 0.6 is 0 Å². The summed E-state index contributed by atoms with van der Waals surface area (Å²) in [4.78, 5) is 28.6. The lowest BCUT2D eigenvalue weighted by Crippen LogP contribution is -2.48. The van der Waals surface area contributed by atoms with E-state index in [1.54, 1.807) is 5.48 Å². The molecule has 0 radical (unpaired) electrons. The minimum atomic E-state index is -0.407. The average molecular weight is 512 g/mol. The molecule has 0 aliphatic carbocycles. The zero-order valence-corrected chi connectivity index (χ0v) is 21.9. The van der Waals surface area contributed by atoms with Gasteiger partial charge in [-0.15, -0.1) is 0 Å². The lowest BCUT2D eigenvalue weighted by Gasteiger charge is -2.34. The van der Waals surface area contributed by atoms with Gasteiger partial charge in [-0.3, -0.25) is 19.7 Å². The summed E-state index contributed by atoms with van der Waals surface area (Å²) >= 11 is 0. The van der Waals surface area contributed by atoms with E-state index in [0.717, 1.165) is 69.5 Å². The average Bonchev–Trinajstić information content (AvgIpc) is 2.97. The lowest BCUT2D eigenvalue weighted by atomic mass is 10.0. The molecule has 6 heteroatoms. The highest BCUT2D eigenvalue weighted by molar-refractivity contribution is 5.94. The van der Waals surface area contributed by atoms with Crippen molar-refractivity contribution in [2.75, 3.05) is 32.7 Å². The Labute approximate surface area is 225 Å². The highest BCUT2D eigenvalue weighted by Gasteiger charge is 2.21. The first kappa shape index (κ1) is 27.3. The van der Waals surface area contributed by atoms with Crippen molar-refractivity contribution in [1.82, 2.24) is 15.3 Å². The second kappa shape index (κ2) is 14.3. The minimum absolute atomic E-state index is 0.121. The number of piperazine rings is 1. The molecule has 0 unspecified atom stereocenters. The monoisotopic (exact) mass is 511 g/mol. The molecule has 4 rings (SSSR count). The summed E-state index contributed by atoms with van der Waals surface area (Å²) < 4.78 is 0. The molecule has 1 aliphatic heterocycles. The first-order valence-corrected chi connectivity index (χ1v) is 13.4. The van der Waals surface area contributed by atoms with Crippen LogP contribution in [0, 0.1) is 0 Å². The van der Waals surface area contributed by atoms with Crippen molar-refractivity contribution in [3.05, 3.63) is 113 Å². The zero-order valence-electron chi connectivity index (χ0n) is 21.9. The third kappa shape index (κ3) is 8.40. The Balaban J connectivity index is 1.15. The highest BCUT2D eigenvalue weighted by Crippen LogP contribution is 2.14. The molecule has 1 fully saturated rings. The molecule has 3 aromatic rings. The summed E-state index contributed by atoms with van der Waals surface area (Å²) in [5, 5.41) is 8.63. The number of rotatable bonds is 11. The fraction of sp³-hybridized carbons (Fsp3) is 0.312. The lowest BCUT2D eigenvalue weighted by molar-refractivity contribution is -0.128. The normalized spacial score (nSPS) is 14.1. The van der Waals surface area contributed by atoms with Gasteiger partial charge in [0.15, 0.2) is 0 Å². The number of aryl methyl sites for hydroxylation is 2. The molecule has 1 heterocycles. The second-order valence-electron chi connectivity index (χ2n) is 9.84. The zero-order chi connectivity index (χ0) is 26.6. The summed E-state index contributed by atoms with van der Waals surface area (Å²) in [6.07, 6.45) is 8.64. The number of nitrogens with one attached hydrogen (secondary N) is 1. The fourth-order valence-electron chi connectivity index (χ4n) is 4.74. The number of nitrogens with zero attached hydrogens (tertiary/aromatic N) is 2. The van der Waals surface area contributed by atoms with E-state index in [-0.39, 0.29) is 12.3 Å². The Bertz CT molecular complexity index is 1180. The van der Waals surface area contributed by atoms with Crippen LogP contribution in [0.15, 0.2) is 84.9 Å². The second-order valence-corrected chi connectivity index (χ2v) is 9.84. The standard InChI is InChI=1S/C32H37N3O3/c36-31(33-38)25-29-14-12-27(13-15-29)9-4-5-10-28-16-18-30(19-17-28)32(37)35-23-21-34(22-24-35)20-6-11-26-7-2-1-3-8-26/h1-3,6-8,11-19,38H,4-5,9-10,20-25H2,(H,33,36). The summed E-state index contributed by atoms with van der Waals surface area (Å²) in [5.74, 6) is -0.285. The minimum Gasteiger partial charge on any atom is -0.336 e. The van der Waals surface area contributed by atoms with Gasteiger partial charge in [0.1, 0.15) is 0 Å². The van der Waals surface area contributed by atoms with Gasteiger partial charge in [0, 0.05) is 38.3 Å². The van der Waals surface area contributed by atoms with Crippen LogP contribution in [0.25, 0.3) is 6.08 Å². The number of hydrogen-bond donors (Lipinski definition) is 2. The fourth-order valence-corrected chi connectivity index (χ4v) is 4.74. The van der Waals surface area contributed by atoms with Crippen LogP contribution in [0.1, 0.15) is 45.5 Å². The van der Waals surface area contributed by atoms with Gasteiger partial charge in [-0.25, -0.2) is 5.48 Å².